The van der Waals surface area contributed by atoms with Crippen molar-refractivity contribution in [2.45, 2.75) is 98.2 Å². The van der Waals surface area contributed by atoms with Gasteiger partial charge in [0, 0.05) is 19.3 Å². The Hall–Kier alpha value is -2.31. The molecule has 2 aliphatic carbocycles. The first-order valence-electron chi connectivity index (χ1n) is 12.3. The number of hydrogen-bond donors (Lipinski definition) is 0. The van der Waals surface area contributed by atoms with Crippen molar-refractivity contribution in [3.05, 3.63) is 24.2 Å². The summed E-state index contributed by atoms with van der Waals surface area (Å²) in [7, 11) is 0. The van der Waals surface area contributed by atoms with E-state index in [0.717, 1.165) is 44.9 Å². The van der Waals surface area contributed by atoms with Gasteiger partial charge in [-0.25, -0.2) is 0 Å². The lowest BCUT2D eigenvalue weighted by Gasteiger charge is -2.35. The quantitative estimate of drug-likeness (QED) is 0.128. The maximum absolute atomic E-state index is 12.9. The SMILES string of the molecule is CC=C(OC(C)=O)O[C@H]1[C@@H](C(=O)OCC)C[C@@H]2CCC[C@]21C=CC(CCCCC)OC(C)=O. The summed E-state index contributed by atoms with van der Waals surface area (Å²) in [6.07, 6.45) is 12.2. The van der Waals surface area contributed by atoms with E-state index >= 15 is 0 Å². The number of esters is 3. The van der Waals surface area contributed by atoms with Crippen molar-refractivity contribution in [1.29, 1.82) is 0 Å². The van der Waals surface area contributed by atoms with Gasteiger partial charge in [-0.1, -0.05) is 32.3 Å². The summed E-state index contributed by atoms with van der Waals surface area (Å²) in [6, 6.07) is 0. The van der Waals surface area contributed by atoms with Crippen LogP contribution >= 0.6 is 0 Å². The van der Waals surface area contributed by atoms with Crippen molar-refractivity contribution in [2.24, 2.45) is 17.3 Å². The predicted molar refractivity (Wildman–Crippen MR) is 124 cm³/mol. The molecule has 7 heteroatoms. The molecule has 5 atom stereocenters. The van der Waals surface area contributed by atoms with E-state index in [1.807, 2.05) is 6.08 Å². The van der Waals surface area contributed by atoms with Crippen LogP contribution in [0.25, 0.3) is 0 Å². The number of allylic oxidation sites excluding steroid dienone is 1. The van der Waals surface area contributed by atoms with E-state index in [9.17, 15) is 14.4 Å². The second kappa shape index (κ2) is 12.8. The summed E-state index contributed by atoms with van der Waals surface area (Å²) in [5.41, 5.74) is -0.422. The highest BCUT2D eigenvalue weighted by atomic mass is 16.7. The maximum Gasteiger partial charge on any atom is 0.312 e. The van der Waals surface area contributed by atoms with Gasteiger partial charge in [0.2, 0.25) is 0 Å². The molecule has 2 saturated carbocycles. The molecule has 0 aromatic carbocycles. The van der Waals surface area contributed by atoms with Crippen LogP contribution in [0.1, 0.15) is 86.0 Å². The third-order valence-corrected chi connectivity index (χ3v) is 6.70. The summed E-state index contributed by atoms with van der Waals surface area (Å²) in [4.78, 5) is 36.1. The van der Waals surface area contributed by atoms with Crippen molar-refractivity contribution in [2.75, 3.05) is 6.61 Å². The lowest BCUT2D eigenvalue weighted by atomic mass is 9.77. The minimum Gasteiger partial charge on any atom is -0.466 e. The fourth-order valence-corrected chi connectivity index (χ4v) is 5.33. The van der Waals surface area contributed by atoms with Crippen LogP contribution < -0.4 is 0 Å². The molecule has 0 N–H and O–H groups in total. The van der Waals surface area contributed by atoms with Gasteiger partial charge in [-0.15, -0.1) is 0 Å². The average molecular weight is 465 g/mol. The number of carbonyl (C=O) groups is 3. The van der Waals surface area contributed by atoms with Crippen molar-refractivity contribution in [3.63, 3.8) is 0 Å². The lowest BCUT2D eigenvalue weighted by molar-refractivity contribution is -0.157. The Bertz CT molecular complexity index is 741. The monoisotopic (exact) mass is 464 g/mol. The number of carbonyl (C=O) groups excluding carboxylic acids is 3. The van der Waals surface area contributed by atoms with Crippen LogP contribution in [0, 0.1) is 17.3 Å². The molecular formula is C26H40O7. The summed E-state index contributed by atoms with van der Waals surface area (Å²) in [5.74, 6) is -1.21. The molecule has 33 heavy (non-hydrogen) atoms. The molecule has 0 spiro atoms. The van der Waals surface area contributed by atoms with E-state index < -0.39 is 23.4 Å². The van der Waals surface area contributed by atoms with Gasteiger partial charge in [-0.05, 0) is 64.0 Å². The Morgan fingerprint density at radius 1 is 1.12 bits per heavy atom. The molecule has 0 aromatic heterocycles. The van der Waals surface area contributed by atoms with Gasteiger partial charge in [-0.2, -0.15) is 0 Å². The van der Waals surface area contributed by atoms with Gasteiger partial charge >= 0.3 is 17.9 Å². The second-order valence-corrected chi connectivity index (χ2v) is 9.04. The molecule has 0 aromatic rings. The second-order valence-electron chi connectivity index (χ2n) is 9.04. The third kappa shape index (κ3) is 7.08. The molecule has 0 saturated heterocycles. The largest absolute Gasteiger partial charge is 0.466 e. The third-order valence-electron chi connectivity index (χ3n) is 6.70. The fraction of sp³-hybridized carbons (Fsp3) is 0.731. The van der Waals surface area contributed by atoms with Gasteiger partial charge in [0.05, 0.1) is 12.5 Å². The molecule has 0 bridgehead atoms. The molecule has 186 valence electrons. The molecule has 2 fully saturated rings. The van der Waals surface area contributed by atoms with Crippen LogP contribution in [-0.4, -0.2) is 36.7 Å². The molecule has 7 nitrogen and oxygen atoms in total. The predicted octanol–water partition coefficient (Wildman–Crippen LogP) is 5.23. The van der Waals surface area contributed by atoms with Gasteiger partial charge in [-0.3, -0.25) is 14.4 Å². The fourth-order valence-electron chi connectivity index (χ4n) is 5.33. The topological polar surface area (TPSA) is 88.1 Å². The van der Waals surface area contributed by atoms with Crippen molar-refractivity contribution < 1.29 is 33.3 Å². The highest BCUT2D eigenvalue weighted by Gasteiger charge is 2.60. The van der Waals surface area contributed by atoms with E-state index in [0.29, 0.717) is 13.0 Å². The van der Waals surface area contributed by atoms with E-state index in [4.69, 9.17) is 18.9 Å². The summed E-state index contributed by atoms with van der Waals surface area (Å²) < 4.78 is 22.4. The minimum absolute atomic E-state index is 0.0987. The zero-order valence-corrected chi connectivity index (χ0v) is 20.8. The first-order chi connectivity index (χ1) is 15.8. The summed E-state index contributed by atoms with van der Waals surface area (Å²) >= 11 is 0. The average Bonchev–Trinajstić information content (AvgIpc) is 3.28. The van der Waals surface area contributed by atoms with Crippen LogP contribution in [0.15, 0.2) is 24.2 Å². The maximum atomic E-state index is 12.9. The molecule has 0 heterocycles. The van der Waals surface area contributed by atoms with Crippen LogP contribution in [0.4, 0.5) is 0 Å². The number of hydrogen-bond acceptors (Lipinski definition) is 7. The number of rotatable bonds is 12. The molecule has 2 aliphatic rings. The van der Waals surface area contributed by atoms with E-state index in [-0.39, 0.29) is 29.9 Å². The lowest BCUT2D eigenvalue weighted by Crippen LogP contribution is -2.39. The molecule has 0 aliphatic heterocycles. The molecule has 2 rings (SSSR count). The van der Waals surface area contributed by atoms with Crippen molar-refractivity contribution >= 4 is 17.9 Å². The van der Waals surface area contributed by atoms with Crippen LogP contribution in [-0.2, 0) is 33.3 Å². The van der Waals surface area contributed by atoms with Gasteiger partial charge in [0.15, 0.2) is 0 Å². The van der Waals surface area contributed by atoms with Gasteiger partial charge in [0.1, 0.15) is 12.2 Å². The highest BCUT2D eigenvalue weighted by Crippen LogP contribution is 2.59. The molecule has 0 amide bonds. The summed E-state index contributed by atoms with van der Waals surface area (Å²) in [5, 5.41) is 0. The van der Waals surface area contributed by atoms with Crippen molar-refractivity contribution in [1.82, 2.24) is 0 Å². The summed E-state index contributed by atoms with van der Waals surface area (Å²) in [6.45, 7) is 8.69. The molecule has 1 unspecified atom stereocenters. The first kappa shape index (κ1) is 26.9. The Kier molecular flexibility index (Phi) is 10.5. The normalized spacial score (nSPS) is 27.8. The van der Waals surface area contributed by atoms with E-state index in [2.05, 4.69) is 13.0 Å². The van der Waals surface area contributed by atoms with Crippen LogP contribution in [0.2, 0.25) is 0 Å². The number of fused-ring (bicyclic) bond motifs is 1. The Morgan fingerprint density at radius 3 is 2.48 bits per heavy atom. The van der Waals surface area contributed by atoms with Crippen molar-refractivity contribution in [3.8, 4) is 0 Å². The molecule has 0 radical (unpaired) electrons. The highest BCUT2D eigenvalue weighted by molar-refractivity contribution is 5.74. The van der Waals surface area contributed by atoms with Gasteiger partial charge < -0.3 is 18.9 Å². The van der Waals surface area contributed by atoms with E-state index in [1.54, 1.807) is 19.9 Å². The first-order valence-corrected chi connectivity index (χ1v) is 12.3. The Balaban J connectivity index is 2.37. The smallest absolute Gasteiger partial charge is 0.312 e. The van der Waals surface area contributed by atoms with Crippen LogP contribution in [0.5, 0.6) is 0 Å². The van der Waals surface area contributed by atoms with E-state index in [1.165, 1.54) is 13.8 Å². The number of unbranched alkanes of at least 4 members (excludes halogenated alkanes) is 2. The number of ether oxygens (including phenoxy) is 4. The molecular weight excluding hydrogens is 424 g/mol. The Labute approximate surface area is 197 Å². The Morgan fingerprint density at radius 2 is 1.88 bits per heavy atom. The minimum atomic E-state index is -0.528. The van der Waals surface area contributed by atoms with Crippen LogP contribution in [0.3, 0.4) is 0 Å². The zero-order chi connectivity index (χ0) is 24.4. The zero-order valence-electron chi connectivity index (χ0n) is 20.8. The standard InChI is InChI=1S/C26H40O7/c1-6-9-10-13-21(31-18(4)27)14-16-26-15-11-12-20(26)17-22(25(29)30-8-3)24(26)33-23(7-2)32-19(5)28/h7,14,16,20-22,24H,6,8-13,15,17H2,1-5H3/t20-,21?,22-,24-,26-/m0/s1. The van der Waals surface area contributed by atoms with Gasteiger partial charge in [0.25, 0.3) is 5.95 Å².